The normalized spacial score (nSPS) is 11.7. The number of fused-ring (bicyclic) bond motifs is 1. The summed E-state index contributed by atoms with van der Waals surface area (Å²) in [7, 11) is -1.82. The Morgan fingerprint density at radius 2 is 1.97 bits per heavy atom. The van der Waals surface area contributed by atoms with Crippen LogP contribution in [0.15, 0.2) is 58.0 Å². The molecule has 0 saturated heterocycles. The monoisotopic (exact) mass is 442 g/mol. The smallest absolute Gasteiger partial charge is 0.299 e. The van der Waals surface area contributed by atoms with Gasteiger partial charge in [0.1, 0.15) is 5.75 Å². The summed E-state index contributed by atoms with van der Waals surface area (Å²) in [6.07, 6.45) is 2.57. The minimum absolute atomic E-state index is 0.0215. The molecular formula is C22H22N2O4S2. The number of aryl methyl sites for hydroxylation is 1. The van der Waals surface area contributed by atoms with Gasteiger partial charge in [0, 0.05) is 4.70 Å². The Morgan fingerprint density at radius 1 is 1.17 bits per heavy atom. The molecule has 6 nitrogen and oxygen atoms in total. The third-order valence-corrected chi connectivity index (χ3v) is 7.89. The van der Waals surface area contributed by atoms with Gasteiger partial charge < -0.3 is 14.5 Å². The summed E-state index contributed by atoms with van der Waals surface area (Å²) in [4.78, 5) is 5.61. The summed E-state index contributed by atoms with van der Waals surface area (Å²) < 4.78 is 37.0. The molecule has 2 aromatic heterocycles. The molecule has 0 saturated carbocycles. The van der Waals surface area contributed by atoms with Gasteiger partial charge in [-0.15, -0.1) is 11.3 Å². The number of thiophene rings is 1. The highest BCUT2D eigenvalue weighted by atomic mass is 32.2. The van der Waals surface area contributed by atoms with Crippen LogP contribution >= 0.6 is 11.3 Å². The molecule has 2 aromatic carbocycles. The van der Waals surface area contributed by atoms with Crippen LogP contribution in [0.3, 0.4) is 0 Å². The van der Waals surface area contributed by atoms with Crippen LogP contribution in [-0.4, -0.2) is 26.3 Å². The number of nitrogens with one attached hydrogen (secondary N) is 1. The lowest BCUT2D eigenvalue weighted by atomic mass is 10.1. The topological polar surface area (TPSA) is 81.4 Å². The first-order valence-electron chi connectivity index (χ1n) is 9.61. The number of hydrogen-bond donors (Lipinski definition) is 1. The Bertz CT molecular complexity index is 1310. The minimum atomic E-state index is -3.34. The number of ether oxygens (including phenoxy) is 1. The van der Waals surface area contributed by atoms with Gasteiger partial charge in [-0.3, -0.25) is 0 Å². The fourth-order valence-corrected chi connectivity index (χ4v) is 5.49. The van der Waals surface area contributed by atoms with E-state index in [9.17, 15) is 8.42 Å². The number of oxazole rings is 1. The minimum Gasteiger partial charge on any atom is -0.495 e. The number of hydrogen-bond acceptors (Lipinski definition) is 7. The van der Waals surface area contributed by atoms with E-state index >= 15 is 0 Å². The van der Waals surface area contributed by atoms with E-state index in [1.54, 1.807) is 36.6 Å². The molecule has 0 aliphatic heterocycles. The highest BCUT2D eigenvalue weighted by molar-refractivity contribution is 7.91. The fraction of sp³-hybridized carbons (Fsp3) is 0.227. The van der Waals surface area contributed by atoms with Crippen molar-refractivity contribution in [3.8, 4) is 16.4 Å². The highest BCUT2D eigenvalue weighted by Gasteiger charge is 2.18. The maximum atomic E-state index is 12.2. The van der Waals surface area contributed by atoms with Crippen molar-refractivity contribution in [2.24, 2.45) is 0 Å². The van der Waals surface area contributed by atoms with E-state index in [1.807, 2.05) is 12.1 Å². The van der Waals surface area contributed by atoms with E-state index in [1.165, 1.54) is 28.8 Å². The summed E-state index contributed by atoms with van der Waals surface area (Å²) in [6, 6.07) is 13.3. The molecule has 0 fully saturated rings. The predicted octanol–water partition coefficient (Wildman–Crippen LogP) is 5.66. The maximum Gasteiger partial charge on any atom is 0.299 e. The van der Waals surface area contributed by atoms with E-state index in [0.29, 0.717) is 17.2 Å². The summed E-state index contributed by atoms with van der Waals surface area (Å²) in [5, 5.41) is 4.29. The Morgan fingerprint density at radius 3 is 2.70 bits per heavy atom. The van der Waals surface area contributed by atoms with Crippen LogP contribution in [0.4, 0.5) is 11.7 Å². The van der Waals surface area contributed by atoms with E-state index in [4.69, 9.17) is 9.15 Å². The van der Waals surface area contributed by atoms with Gasteiger partial charge in [-0.05, 0) is 41.6 Å². The van der Waals surface area contributed by atoms with E-state index < -0.39 is 9.84 Å². The molecule has 1 N–H and O–H groups in total. The summed E-state index contributed by atoms with van der Waals surface area (Å²) in [5.74, 6) is 1.20. The molecule has 4 aromatic rings. The van der Waals surface area contributed by atoms with Crippen LogP contribution < -0.4 is 10.1 Å². The zero-order chi connectivity index (χ0) is 21.3. The Hall–Kier alpha value is -2.84. The van der Waals surface area contributed by atoms with Crippen LogP contribution in [0.5, 0.6) is 5.75 Å². The van der Waals surface area contributed by atoms with Crippen LogP contribution in [0.1, 0.15) is 19.4 Å². The molecule has 0 atom stereocenters. The molecule has 0 bridgehead atoms. The van der Waals surface area contributed by atoms with Gasteiger partial charge in [-0.1, -0.05) is 32.0 Å². The van der Waals surface area contributed by atoms with Crippen LogP contribution in [0.2, 0.25) is 0 Å². The van der Waals surface area contributed by atoms with Gasteiger partial charge in [0.2, 0.25) is 0 Å². The second-order valence-corrected chi connectivity index (χ2v) is 10.0. The molecule has 0 amide bonds. The van der Waals surface area contributed by atoms with E-state index in [2.05, 4.69) is 29.4 Å². The third-order valence-electron chi connectivity index (χ3n) is 4.93. The molecule has 2 heterocycles. The van der Waals surface area contributed by atoms with Crippen LogP contribution in [0.25, 0.3) is 20.7 Å². The second kappa shape index (κ2) is 8.12. The van der Waals surface area contributed by atoms with Crippen molar-refractivity contribution in [2.45, 2.75) is 25.2 Å². The van der Waals surface area contributed by atoms with Crippen LogP contribution in [-0.2, 0) is 16.3 Å². The molecule has 0 unspecified atom stereocenters. The Balaban J connectivity index is 1.70. The van der Waals surface area contributed by atoms with Crippen molar-refractivity contribution in [3.05, 3.63) is 54.2 Å². The van der Waals surface area contributed by atoms with Gasteiger partial charge >= 0.3 is 0 Å². The first-order valence-corrected chi connectivity index (χ1v) is 12.1. The molecule has 30 heavy (non-hydrogen) atoms. The number of aromatic nitrogens is 1. The molecular weight excluding hydrogens is 420 g/mol. The van der Waals surface area contributed by atoms with Crippen molar-refractivity contribution in [2.75, 3.05) is 18.2 Å². The van der Waals surface area contributed by atoms with Gasteiger partial charge in [0.15, 0.2) is 15.6 Å². The first kappa shape index (κ1) is 20.4. The van der Waals surface area contributed by atoms with Crippen molar-refractivity contribution in [1.82, 2.24) is 4.98 Å². The largest absolute Gasteiger partial charge is 0.495 e. The zero-order valence-corrected chi connectivity index (χ0v) is 18.6. The van der Waals surface area contributed by atoms with Crippen molar-refractivity contribution in [1.29, 1.82) is 0 Å². The Kier molecular flexibility index (Phi) is 5.53. The molecule has 0 spiro atoms. The molecule has 8 heteroatoms. The lowest BCUT2D eigenvalue weighted by Gasteiger charge is -2.10. The van der Waals surface area contributed by atoms with Crippen molar-refractivity contribution < 1.29 is 17.6 Å². The van der Waals surface area contributed by atoms with Crippen LogP contribution in [0, 0.1) is 0 Å². The summed E-state index contributed by atoms with van der Waals surface area (Å²) >= 11 is 1.67. The average molecular weight is 443 g/mol. The standard InChI is InChI=1S/C22H22N2O4S2/c1-4-15-16-8-6-7-9-20(16)29-21(15)19-13-23-22(28-19)24-17-12-14(30(25,26)5-2)10-11-18(17)27-3/h6-13H,4-5H2,1-3H3,(H,23,24). The third kappa shape index (κ3) is 3.68. The predicted molar refractivity (Wildman–Crippen MR) is 121 cm³/mol. The van der Waals surface area contributed by atoms with Gasteiger partial charge in [0.25, 0.3) is 6.01 Å². The summed E-state index contributed by atoms with van der Waals surface area (Å²) in [5.41, 5.74) is 1.71. The first-order chi connectivity index (χ1) is 14.5. The molecule has 4 rings (SSSR count). The molecule has 156 valence electrons. The number of methoxy groups -OCH3 is 1. The van der Waals surface area contributed by atoms with Crippen molar-refractivity contribution in [3.63, 3.8) is 0 Å². The van der Waals surface area contributed by atoms with Gasteiger partial charge in [-0.2, -0.15) is 0 Å². The lowest BCUT2D eigenvalue weighted by molar-refractivity contribution is 0.416. The SMILES string of the molecule is CCc1c(-c2cnc(Nc3cc(S(=O)(=O)CC)ccc3OC)o2)sc2ccccc12. The number of sulfone groups is 1. The van der Waals surface area contributed by atoms with Crippen molar-refractivity contribution >= 4 is 43.0 Å². The molecule has 0 aliphatic rings. The average Bonchev–Trinajstić information content (AvgIpc) is 3.37. The summed E-state index contributed by atoms with van der Waals surface area (Å²) in [6.45, 7) is 3.74. The highest BCUT2D eigenvalue weighted by Crippen LogP contribution is 2.40. The van der Waals surface area contributed by atoms with E-state index in [-0.39, 0.29) is 16.7 Å². The maximum absolute atomic E-state index is 12.2. The number of anilines is 2. The van der Waals surface area contributed by atoms with Gasteiger partial charge in [0.05, 0.1) is 34.5 Å². The number of nitrogens with zero attached hydrogens (tertiary/aromatic N) is 1. The van der Waals surface area contributed by atoms with E-state index in [0.717, 1.165) is 11.3 Å². The second-order valence-electron chi connectivity index (χ2n) is 6.68. The number of benzene rings is 2. The number of rotatable bonds is 7. The lowest BCUT2D eigenvalue weighted by Crippen LogP contribution is -2.05. The quantitative estimate of drug-likeness (QED) is 0.397. The molecule has 0 radical (unpaired) electrons. The fourth-order valence-electron chi connectivity index (χ4n) is 3.35. The zero-order valence-electron chi connectivity index (χ0n) is 16.9. The van der Waals surface area contributed by atoms with Gasteiger partial charge in [-0.25, -0.2) is 13.4 Å². The molecule has 0 aliphatic carbocycles. The Labute approximate surface area is 179 Å².